The molecule has 21 heavy (non-hydrogen) atoms. The number of hydrogen-bond donors (Lipinski definition) is 0. The van der Waals surface area contributed by atoms with Gasteiger partial charge in [-0.3, -0.25) is 0 Å². The molecule has 124 valence electrons. The molecule has 1 spiro atoms. The first-order valence-corrected chi connectivity index (χ1v) is 9.36. The molecule has 1 atom stereocenters. The van der Waals surface area contributed by atoms with Crippen LogP contribution in [0, 0.1) is 22.2 Å². The third-order valence-electron chi connectivity index (χ3n) is 7.37. The summed E-state index contributed by atoms with van der Waals surface area (Å²) < 4.78 is 6.37. The summed E-state index contributed by atoms with van der Waals surface area (Å²) in [5, 5.41) is 0. The lowest BCUT2D eigenvalue weighted by molar-refractivity contribution is -0.127. The van der Waals surface area contributed by atoms with Crippen LogP contribution in [0.1, 0.15) is 92.9 Å². The van der Waals surface area contributed by atoms with Crippen molar-refractivity contribution in [3.05, 3.63) is 0 Å². The number of ether oxygens (including phenoxy) is 1. The van der Waals surface area contributed by atoms with Crippen molar-refractivity contribution >= 4 is 0 Å². The zero-order valence-corrected chi connectivity index (χ0v) is 15.4. The third kappa shape index (κ3) is 3.66. The van der Waals surface area contributed by atoms with Crippen LogP contribution in [0.5, 0.6) is 0 Å². The molecule has 0 bridgehead atoms. The van der Waals surface area contributed by atoms with E-state index < -0.39 is 0 Å². The first kappa shape index (κ1) is 17.3. The van der Waals surface area contributed by atoms with E-state index in [1.165, 1.54) is 51.4 Å². The maximum absolute atomic E-state index is 6.37. The van der Waals surface area contributed by atoms with Crippen molar-refractivity contribution in [2.45, 2.75) is 99.0 Å². The molecule has 0 aromatic rings. The van der Waals surface area contributed by atoms with Crippen LogP contribution < -0.4 is 0 Å². The summed E-state index contributed by atoms with van der Waals surface area (Å²) in [5.41, 5.74) is 1.41. The van der Waals surface area contributed by atoms with Gasteiger partial charge >= 0.3 is 0 Å². The molecule has 0 aromatic heterocycles. The third-order valence-corrected chi connectivity index (χ3v) is 7.37. The van der Waals surface area contributed by atoms with E-state index in [1.54, 1.807) is 0 Å². The maximum atomic E-state index is 6.37. The van der Waals surface area contributed by atoms with Gasteiger partial charge in [-0.05, 0) is 67.1 Å². The smallest absolute Gasteiger partial charge is 0.0626 e. The molecule has 1 aliphatic carbocycles. The first-order valence-electron chi connectivity index (χ1n) is 9.36. The highest BCUT2D eigenvalue weighted by Gasteiger charge is 2.44. The minimum Gasteiger partial charge on any atom is -0.377 e. The standard InChI is InChI=1S/C20H38O/c1-7-18(3,4)16-9-12-20(13-10-16)14-11-17(21-15-20)19(5,6)8-2/h16-17H,7-15H2,1-6H3. The van der Waals surface area contributed by atoms with Gasteiger partial charge in [0, 0.05) is 0 Å². The molecule has 0 aromatic carbocycles. The summed E-state index contributed by atoms with van der Waals surface area (Å²) in [7, 11) is 0. The van der Waals surface area contributed by atoms with Crippen molar-refractivity contribution in [1.82, 2.24) is 0 Å². The van der Waals surface area contributed by atoms with Gasteiger partial charge in [-0.25, -0.2) is 0 Å². The molecule has 1 heterocycles. The van der Waals surface area contributed by atoms with Gasteiger partial charge in [-0.1, -0.05) is 48.0 Å². The fourth-order valence-corrected chi connectivity index (χ4v) is 4.41. The van der Waals surface area contributed by atoms with Crippen LogP contribution in [0.4, 0.5) is 0 Å². The molecule has 0 radical (unpaired) electrons. The van der Waals surface area contributed by atoms with Crippen LogP contribution in [-0.2, 0) is 4.74 Å². The average Bonchev–Trinajstić information content (AvgIpc) is 2.48. The van der Waals surface area contributed by atoms with Crippen LogP contribution in [-0.4, -0.2) is 12.7 Å². The van der Waals surface area contributed by atoms with Crippen LogP contribution in [0.15, 0.2) is 0 Å². The summed E-state index contributed by atoms with van der Waals surface area (Å²) in [4.78, 5) is 0. The van der Waals surface area contributed by atoms with E-state index >= 15 is 0 Å². The van der Waals surface area contributed by atoms with E-state index in [2.05, 4.69) is 41.5 Å². The molecule has 1 saturated carbocycles. The molecule has 0 N–H and O–H groups in total. The summed E-state index contributed by atoms with van der Waals surface area (Å²) in [5.74, 6) is 0.929. The van der Waals surface area contributed by atoms with Crippen molar-refractivity contribution < 1.29 is 4.74 Å². The molecule has 2 fully saturated rings. The lowest BCUT2D eigenvalue weighted by atomic mass is 9.60. The highest BCUT2D eigenvalue weighted by molar-refractivity contribution is 4.94. The average molecular weight is 295 g/mol. The van der Waals surface area contributed by atoms with Crippen molar-refractivity contribution in [2.24, 2.45) is 22.2 Å². The largest absolute Gasteiger partial charge is 0.377 e. The highest BCUT2D eigenvalue weighted by Crippen LogP contribution is 2.51. The van der Waals surface area contributed by atoms with Gasteiger partial charge in [0.2, 0.25) is 0 Å². The molecule has 2 aliphatic rings. The van der Waals surface area contributed by atoms with Crippen molar-refractivity contribution in [2.75, 3.05) is 6.61 Å². The van der Waals surface area contributed by atoms with Gasteiger partial charge in [-0.2, -0.15) is 0 Å². The normalized spacial score (nSPS) is 35.1. The topological polar surface area (TPSA) is 9.23 Å². The Morgan fingerprint density at radius 1 is 0.857 bits per heavy atom. The molecular formula is C20H38O. The molecule has 1 nitrogen and oxygen atoms in total. The van der Waals surface area contributed by atoms with E-state index in [1.807, 2.05) is 0 Å². The van der Waals surface area contributed by atoms with Crippen molar-refractivity contribution in [3.63, 3.8) is 0 Å². The second kappa shape index (κ2) is 6.22. The van der Waals surface area contributed by atoms with E-state index in [4.69, 9.17) is 4.74 Å². The first-order chi connectivity index (χ1) is 9.75. The minimum absolute atomic E-state index is 0.350. The van der Waals surface area contributed by atoms with Gasteiger partial charge in [-0.15, -0.1) is 0 Å². The monoisotopic (exact) mass is 294 g/mol. The van der Waals surface area contributed by atoms with Gasteiger partial charge < -0.3 is 4.74 Å². The minimum atomic E-state index is 0.350. The molecular weight excluding hydrogens is 256 g/mol. The van der Waals surface area contributed by atoms with Crippen molar-refractivity contribution in [1.29, 1.82) is 0 Å². The Morgan fingerprint density at radius 2 is 1.38 bits per heavy atom. The predicted octanol–water partition coefficient (Wildman–Crippen LogP) is 6.21. The Morgan fingerprint density at radius 3 is 1.81 bits per heavy atom. The van der Waals surface area contributed by atoms with E-state index in [-0.39, 0.29) is 0 Å². The fourth-order valence-electron chi connectivity index (χ4n) is 4.41. The number of rotatable bonds is 4. The van der Waals surface area contributed by atoms with Gasteiger partial charge in [0.25, 0.3) is 0 Å². The summed E-state index contributed by atoms with van der Waals surface area (Å²) in [6.07, 6.45) is 11.4. The van der Waals surface area contributed by atoms with Crippen LogP contribution in [0.3, 0.4) is 0 Å². The molecule has 0 amide bonds. The molecule has 2 rings (SSSR count). The van der Waals surface area contributed by atoms with Crippen LogP contribution in [0.2, 0.25) is 0 Å². The van der Waals surface area contributed by atoms with Gasteiger partial charge in [0.05, 0.1) is 12.7 Å². The predicted molar refractivity (Wildman–Crippen MR) is 91.5 cm³/mol. The van der Waals surface area contributed by atoms with E-state index in [9.17, 15) is 0 Å². The second-order valence-corrected chi connectivity index (χ2v) is 9.30. The number of hydrogen-bond acceptors (Lipinski definition) is 1. The molecule has 1 unspecified atom stereocenters. The Kier molecular flexibility index (Phi) is 5.13. The van der Waals surface area contributed by atoms with Gasteiger partial charge in [0.1, 0.15) is 0 Å². The Bertz CT molecular complexity index is 288. The second-order valence-electron chi connectivity index (χ2n) is 9.30. The van der Waals surface area contributed by atoms with E-state index in [0.717, 1.165) is 12.5 Å². The summed E-state index contributed by atoms with van der Waals surface area (Å²) >= 11 is 0. The Labute approximate surface area is 133 Å². The zero-order valence-electron chi connectivity index (χ0n) is 15.4. The van der Waals surface area contributed by atoms with Crippen molar-refractivity contribution in [3.8, 4) is 0 Å². The molecule has 1 saturated heterocycles. The van der Waals surface area contributed by atoms with Gasteiger partial charge in [0.15, 0.2) is 0 Å². The summed E-state index contributed by atoms with van der Waals surface area (Å²) in [6, 6.07) is 0. The van der Waals surface area contributed by atoms with Crippen LogP contribution >= 0.6 is 0 Å². The fraction of sp³-hybridized carbons (Fsp3) is 1.00. The SMILES string of the molecule is CCC(C)(C)C1CCC2(CC1)CCC(C(C)(C)CC)OC2. The Balaban J connectivity index is 1.89. The van der Waals surface area contributed by atoms with Crippen LogP contribution in [0.25, 0.3) is 0 Å². The summed E-state index contributed by atoms with van der Waals surface area (Å²) in [6.45, 7) is 15.4. The molecule has 1 aliphatic heterocycles. The Hall–Kier alpha value is -0.0400. The van der Waals surface area contributed by atoms with E-state index in [0.29, 0.717) is 22.3 Å². The quantitative estimate of drug-likeness (QED) is 0.598. The lowest BCUT2D eigenvalue weighted by Crippen LogP contribution is -2.44. The highest BCUT2D eigenvalue weighted by atomic mass is 16.5. The molecule has 1 heteroatoms. The maximum Gasteiger partial charge on any atom is 0.0626 e. The lowest BCUT2D eigenvalue weighted by Gasteiger charge is -2.49. The zero-order chi connectivity index (χ0) is 15.7.